The van der Waals surface area contributed by atoms with Crippen LogP contribution in [0.2, 0.25) is 0 Å². The minimum atomic E-state index is 0.0243. The summed E-state index contributed by atoms with van der Waals surface area (Å²) < 4.78 is 0. The molecular weight excluding hydrogens is 248 g/mol. The summed E-state index contributed by atoms with van der Waals surface area (Å²) in [6, 6.07) is 2.03. The fourth-order valence-corrected chi connectivity index (χ4v) is 2.14. The summed E-state index contributed by atoms with van der Waals surface area (Å²) in [5.74, 6) is 1.91. The van der Waals surface area contributed by atoms with E-state index in [-0.39, 0.29) is 11.9 Å². The van der Waals surface area contributed by atoms with Gasteiger partial charge in [0.15, 0.2) is 0 Å². The van der Waals surface area contributed by atoms with Gasteiger partial charge in [-0.3, -0.25) is 4.79 Å². The molecule has 1 aromatic rings. The Balaban J connectivity index is 2.58. The number of thioether (sulfide) groups is 1. The average molecular weight is 268 g/mol. The van der Waals surface area contributed by atoms with E-state index in [0.717, 1.165) is 17.4 Å². The Morgan fingerprint density at radius 2 is 2.17 bits per heavy atom. The molecule has 0 radical (unpaired) electrons. The van der Waals surface area contributed by atoms with E-state index in [2.05, 4.69) is 20.6 Å². The van der Waals surface area contributed by atoms with Crippen LogP contribution < -0.4 is 10.6 Å². The van der Waals surface area contributed by atoms with Crippen LogP contribution in [-0.2, 0) is 4.79 Å². The highest BCUT2D eigenvalue weighted by molar-refractivity contribution is 7.99. The fourth-order valence-electron chi connectivity index (χ4n) is 1.39. The summed E-state index contributed by atoms with van der Waals surface area (Å²) >= 11 is 1.42. The van der Waals surface area contributed by atoms with Crippen LogP contribution in [0.15, 0.2) is 11.1 Å². The Morgan fingerprint density at radius 3 is 2.78 bits per heavy atom. The van der Waals surface area contributed by atoms with Crippen LogP contribution in [-0.4, -0.2) is 34.2 Å². The molecule has 0 fully saturated rings. The second-order valence-corrected chi connectivity index (χ2v) is 5.18. The van der Waals surface area contributed by atoms with Crippen molar-refractivity contribution < 1.29 is 4.79 Å². The molecule has 5 nitrogen and oxygen atoms in total. The number of carbonyl (C=O) groups is 1. The zero-order valence-corrected chi connectivity index (χ0v) is 12.1. The lowest BCUT2D eigenvalue weighted by Crippen LogP contribution is -2.31. The van der Waals surface area contributed by atoms with Crippen molar-refractivity contribution in [3.8, 4) is 0 Å². The van der Waals surface area contributed by atoms with Crippen LogP contribution in [0.3, 0.4) is 0 Å². The number of carbonyl (C=O) groups excluding carboxylic acids is 1. The maximum atomic E-state index is 11.5. The zero-order chi connectivity index (χ0) is 13.5. The van der Waals surface area contributed by atoms with Crippen molar-refractivity contribution in [2.75, 3.05) is 17.6 Å². The minimum Gasteiger partial charge on any atom is -0.370 e. The predicted octanol–water partition coefficient (Wildman–Crippen LogP) is 1.83. The molecule has 1 rings (SSSR count). The van der Waals surface area contributed by atoms with Gasteiger partial charge in [0.1, 0.15) is 16.7 Å². The topological polar surface area (TPSA) is 66.9 Å². The number of hydrogen-bond donors (Lipinski definition) is 2. The normalized spacial score (nSPS) is 10.5. The molecule has 0 saturated carbocycles. The lowest BCUT2D eigenvalue weighted by Gasteiger charge is -2.09. The molecule has 1 heterocycles. The Morgan fingerprint density at radius 1 is 1.44 bits per heavy atom. The highest BCUT2D eigenvalue weighted by Crippen LogP contribution is 2.18. The van der Waals surface area contributed by atoms with Crippen molar-refractivity contribution in [1.82, 2.24) is 15.3 Å². The second kappa shape index (κ2) is 7.20. The number of nitrogens with one attached hydrogen (secondary N) is 2. The van der Waals surface area contributed by atoms with Crippen molar-refractivity contribution in [1.29, 1.82) is 0 Å². The number of amides is 1. The van der Waals surface area contributed by atoms with E-state index in [1.165, 1.54) is 11.8 Å². The highest BCUT2D eigenvalue weighted by atomic mass is 32.2. The summed E-state index contributed by atoms with van der Waals surface area (Å²) in [6.45, 7) is 8.56. The molecule has 0 aromatic carbocycles. The average Bonchev–Trinajstić information content (AvgIpc) is 2.25. The van der Waals surface area contributed by atoms with E-state index < -0.39 is 0 Å². The summed E-state index contributed by atoms with van der Waals surface area (Å²) in [5.41, 5.74) is 0. The molecule has 6 heteroatoms. The predicted molar refractivity (Wildman–Crippen MR) is 74.9 cm³/mol. The largest absolute Gasteiger partial charge is 0.370 e. The monoisotopic (exact) mass is 268 g/mol. The fraction of sp³-hybridized carbons (Fsp3) is 0.583. The van der Waals surface area contributed by atoms with Gasteiger partial charge in [-0.1, -0.05) is 11.8 Å². The molecule has 0 aliphatic heterocycles. The lowest BCUT2D eigenvalue weighted by molar-refractivity contribution is -0.119. The van der Waals surface area contributed by atoms with E-state index >= 15 is 0 Å². The van der Waals surface area contributed by atoms with Gasteiger partial charge in [0.05, 0.1) is 5.75 Å². The first-order valence-electron chi connectivity index (χ1n) is 6.03. The van der Waals surface area contributed by atoms with Gasteiger partial charge in [-0.25, -0.2) is 9.97 Å². The molecule has 2 N–H and O–H groups in total. The summed E-state index contributed by atoms with van der Waals surface area (Å²) in [6.07, 6.45) is 0. The van der Waals surface area contributed by atoms with Gasteiger partial charge in [-0.05, 0) is 27.7 Å². The first-order chi connectivity index (χ1) is 8.51. The van der Waals surface area contributed by atoms with Crippen molar-refractivity contribution in [3.63, 3.8) is 0 Å². The molecular formula is C12H20N4OS. The van der Waals surface area contributed by atoms with E-state index in [0.29, 0.717) is 11.6 Å². The van der Waals surface area contributed by atoms with Crippen LogP contribution in [0.5, 0.6) is 0 Å². The lowest BCUT2D eigenvalue weighted by atomic mass is 10.4. The third-order valence-electron chi connectivity index (χ3n) is 1.97. The quantitative estimate of drug-likeness (QED) is 0.608. The number of aryl methyl sites for hydroxylation is 1. The standard InChI is InChI=1S/C12H20N4OS/c1-5-13-10-6-12(16-9(4)15-10)18-7-11(17)14-8(2)3/h6,8H,5,7H2,1-4H3,(H,14,17)(H,13,15,16). The van der Waals surface area contributed by atoms with Crippen LogP contribution in [0.1, 0.15) is 26.6 Å². The van der Waals surface area contributed by atoms with Gasteiger partial charge in [-0.2, -0.15) is 0 Å². The number of nitrogens with zero attached hydrogens (tertiary/aromatic N) is 2. The van der Waals surface area contributed by atoms with Crippen molar-refractivity contribution in [3.05, 3.63) is 11.9 Å². The summed E-state index contributed by atoms with van der Waals surface area (Å²) in [5, 5.41) is 6.81. The Kier molecular flexibility index (Phi) is 5.91. The highest BCUT2D eigenvalue weighted by Gasteiger charge is 2.07. The molecule has 0 unspecified atom stereocenters. The van der Waals surface area contributed by atoms with Gasteiger partial charge in [0, 0.05) is 18.7 Å². The van der Waals surface area contributed by atoms with Crippen molar-refractivity contribution in [2.24, 2.45) is 0 Å². The van der Waals surface area contributed by atoms with Crippen LogP contribution in [0, 0.1) is 6.92 Å². The molecule has 0 atom stereocenters. The number of aromatic nitrogens is 2. The van der Waals surface area contributed by atoms with E-state index in [9.17, 15) is 4.79 Å². The SMILES string of the molecule is CCNc1cc(SCC(=O)NC(C)C)nc(C)n1. The Hall–Kier alpha value is -1.30. The molecule has 1 amide bonds. The Bertz CT molecular complexity index is 409. The smallest absolute Gasteiger partial charge is 0.230 e. The van der Waals surface area contributed by atoms with Crippen LogP contribution in [0.25, 0.3) is 0 Å². The van der Waals surface area contributed by atoms with Gasteiger partial charge in [0.2, 0.25) is 5.91 Å². The first-order valence-corrected chi connectivity index (χ1v) is 7.01. The molecule has 0 spiro atoms. The minimum absolute atomic E-state index is 0.0243. The maximum Gasteiger partial charge on any atom is 0.230 e. The van der Waals surface area contributed by atoms with E-state index in [1.807, 2.05) is 33.8 Å². The van der Waals surface area contributed by atoms with Gasteiger partial charge in [-0.15, -0.1) is 0 Å². The molecule has 0 bridgehead atoms. The summed E-state index contributed by atoms with van der Waals surface area (Å²) in [4.78, 5) is 20.1. The van der Waals surface area contributed by atoms with Crippen LogP contribution in [0.4, 0.5) is 5.82 Å². The maximum absolute atomic E-state index is 11.5. The van der Waals surface area contributed by atoms with Crippen LogP contribution >= 0.6 is 11.8 Å². The number of anilines is 1. The summed E-state index contributed by atoms with van der Waals surface area (Å²) in [7, 11) is 0. The van der Waals surface area contributed by atoms with E-state index in [4.69, 9.17) is 0 Å². The zero-order valence-electron chi connectivity index (χ0n) is 11.3. The van der Waals surface area contributed by atoms with E-state index in [1.54, 1.807) is 0 Å². The third kappa shape index (κ3) is 5.35. The molecule has 0 aliphatic rings. The van der Waals surface area contributed by atoms with Gasteiger partial charge < -0.3 is 10.6 Å². The third-order valence-corrected chi connectivity index (χ3v) is 2.88. The van der Waals surface area contributed by atoms with Gasteiger partial charge in [0.25, 0.3) is 0 Å². The molecule has 18 heavy (non-hydrogen) atoms. The Labute approximate surface area is 112 Å². The first kappa shape index (κ1) is 14.8. The number of hydrogen-bond acceptors (Lipinski definition) is 5. The van der Waals surface area contributed by atoms with Crippen molar-refractivity contribution in [2.45, 2.75) is 38.8 Å². The molecule has 1 aromatic heterocycles. The molecule has 0 aliphatic carbocycles. The second-order valence-electron chi connectivity index (χ2n) is 4.18. The van der Waals surface area contributed by atoms with Gasteiger partial charge >= 0.3 is 0 Å². The molecule has 100 valence electrons. The number of rotatable bonds is 6. The van der Waals surface area contributed by atoms with Crippen molar-refractivity contribution >= 4 is 23.5 Å². The molecule has 0 saturated heterocycles.